The molecule has 2 rings (SSSR count). The van der Waals surface area contributed by atoms with Gasteiger partial charge in [-0.15, -0.1) is 0 Å². The Morgan fingerprint density at radius 3 is 2.48 bits per heavy atom. The number of benzene rings is 2. The number of hydrogen-bond acceptors (Lipinski definition) is 5. The second kappa shape index (κ2) is 7.47. The predicted molar refractivity (Wildman–Crippen MR) is 85.9 cm³/mol. The molecule has 2 aromatic rings. The van der Waals surface area contributed by atoms with Gasteiger partial charge in [0.2, 0.25) is 0 Å². The lowest BCUT2D eigenvalue weighted by Gasteiger charge is -2.12. The van der Waals surface area contributed by atoms with Crippen molar-refractivity contribution >= 4 is 21.7 Å². The number of carbonyl (C=O) groups excluding carboxylic acids is 1. The van der Waals surface area contributed by atoms with E-state index in [9.17, 15) is 22.0 Å². The normalized spacial score (nSPS) is 11.0. The number of carbonyl (C=O) groups is 1. The third kappa shape index (κ3) is 4.66. The quantitative estimate of drug-likeness (QED) is 0.790. The summed E-state index contributed by atoms with van der Waals surface area (Å²) in [7, 11) is -2.87. The number of methoxy groups -OCH3 is 1. The minimum Gasteiger partial charge on any atom is -0.482 e. The first-order chi connectivity index (χ1) is 11.7. The van der Waals surface area contributed by atoms with Crippen LogP contribution in [-0.4, -0.2) is 28.1 Å². The standard InChI is InChI=1S/C16H15F2NO5S/c1-10-7-12(4-6-15(10)24-9-16(20)23-2)25(21,22)19-14-5-3-11(17)8-13(14)18/h3-8,19H,9H2,1-2H3. The van der Waals surface area contributed by atoms with E-state index in [-0.39, 0.29) is 17.2 Å². The van der Waals surface area contributed by atoms with Gasteiger partial charge in [-0.3, -0.25) is 4.72 Å². The molecule has 0 bridgehead atoms. The molecule has 0 saturated carbocycles. The van der Waals surface area contributed by atoms with Crippen LogP contribution in [0.15, 0.2) is 41.3 Å². The van der Waals surface area contributed by atoms with E-state index in [1.54, 1.807) is 6.92 Å². The molecule has 0 saturated heterocycles. The van der Waals surface area contributed by atoms with Crippen LogP contribution >= 0.6 is 0 Å². The highest BCUT2D eigenvalue weighted by atomic mass is 32.2. The Hall–Kier alpha value is -2.68. The van der Waals surface area contributed by atoms with Gasteiger partial charge in [-0.05, 0) is 42.8 Å². The van der Waals surface area contributed by atoms with Crippen LogP contribution in [0.4, 0.5) is 14.5 Å². The number of anilines is 1. The minimum atomic E-state index is -4.08. The van der Waals surface area contributed by atoms with Crippen molar-refractivity contribution in [3.05, 3.63) is 53.6 Å². The van der Waals surface area contributed by atoms with Crippen LogP contribution in [0.5, 0.6) is 5.75 Å². The summed E-state index contributed by atoms with van der Waals surface area (Å²) >= 11 is 0. The van der Waals surface area contributed by atoms with Gasteiger partial charge in [0.1, 0.15) is 17.4 Å². The van der Waals surface area contributed by atoms with Crippen LogP contribution in [0.1, 0.15) is 5.56 Å². The van der Waals surface area contributed by atoms with Crippen LogP contribution in [0.2, 0.25) is 0 Å². The fraction of sp³-hybridized carbons (Fsp3) is 0.188. The van der Waals surface area contributed by atoms with Crippen molar-refractivity contribution in [1.29, 1.82) is 0 Å². The zero-order valence-corrected chi connectivity index (χ0v) is 14.2. The van der Waals surface area contributed by atoms with E-state index in [0.717, 1.165) is 12.1 Å². The molecule has 9 heteroatoms. The first kappa shape index (κ1) is 18.7. The highest BCUT2D eigenvalue weighted by Gasteiger charge is 2.18. The van der Waals surface area contributed by atoms with E-state index in [0.29, 0.717) is 17.4 Å². The zero-order chi connectivity index (χ0) is 18.6. The van der Waals surface area contributed by atoms with Gasteiger partial charge in [-0.2, -0.15) is 0 Å². The van der Waals surface area contributed by atoms with E-state index in [4.69, 9.17) is 4.74 Å². The lowest BCUT2D eigenvalue weighted by atomic mass is 10.2. The van der Waals surface area contributed by atoms with E-state index >= 15 is 0 Å². The summed E-state index contributed by atoms with van der Waals surface area (Å²) in [5.41, 5.74) is 0.0800. The highest BCUT2D eigenvalue weighted by molar-refractivity contribution is 7.92. The number of halogens is 2. The smallest absolute Gasteiger partial charge is 0.343 e. The molecule has 2 aromatic carbocycles. The van der Waals surface area contributed by atoms with E-state index in [1.807, 2.05) is 0 Å². The maximum Gasteiger partial charge on any atom is 0.343 e. The van der Waals surface area contributed by atoms with E-state index in [2.05, 4.69) is 9.46 Å². The van der Waals surface area contributed by atoms with Gasteiger partial charge in [0.05, 0.1) is 17.7 Å². The Morgan fingerprint density at radius 2 is 1.88 bits per heavy atom. The van der Waals surface area contributed by atoms with Gasteiger partial charge in [0, 0.05) is 6.07 Å². The van der Waals surface area contributed by atoms with Gasteiger partial charge in [0.15, 0.2) is 6.61 Å². The number of hydrogen-bond donors (Lipinski definition) is 1. The van der Waals surface area contributed by atoms with Crippen LogP contribution in [0.25, 0.3) is 0 Å². The number of sulfonamides is 1. The van der Waals surface area contributed by atoms with Crippen molar-refractivity contribution in [2.45, 2.75) is 11.8 Å². The van der Waals surface area contributed by atoms with Gasteiger partial charge in [-0.1, -0.05) is 0 Å². The summed E-state index contributed by atoms with van der Waals surface area (Å²) < 4.78 is 62.9. The third-order valence-electron chi connectivity index (χ3n) is 3.21. The summed E-state index contributed by atoms with van der Waals surface area (Å²) in [6.07, 6.45) is 0. The molecule has 0 unspecified atom stereocenters. The molecule has 0 radical (unpaired) electrons. The topological polar surface area (TPSA) is 81.7 Å². The number of aryl methyl sites for hydroxylation is 1. The molecule has 25 heavy (non-hydrogen) atoms. The number of ether oxygens (including phenoxy) is 2. The second-order valence-corrected chi connectivity index (χ2v) is 6.70. The molecular formula is C16H15F2NO5S. The van der Waals surface area contributed by atoms with Crippen LogP contribution in [0, 0.1) is 18.6 Å². The molecule has 1 N–H and O–H groups in total. The van der Waals surface area contributed by atoms with E-state index < -0.39 is 27.6 Å². The average molecular weight is 371 g/mol. The summed E-state index contributed by atoms with van der Waals surface area (Å²) in [6.45, 7) is 1.27. The molecule has 0 aliphatic carbocycles. The molecule has 134 valence electrons. The SMILES string of the molecule is COC(=O)COc1ccc(S(=O)(=O)Nc2ccc(F)cc2F)cc1C. The van der Waals surface area contributed by atoms with Gasteiger partial charge >= 0.3 is 5.97 Å². The Balaban J connectivity index is 2.22. The Labute approximate surface area is 143 Å². The monoisotopic (exact) mass is 371 g/mol. The summed E-state index contributed by atoms with van der Waals surface area (Å²) in [4.78, 5) is 10.9. The minimum absolute atomic E-state index is 0.140. The number of esters is 1. The molecule has 6 nitrogen and oxygen atoms in total. The van der Waals surface area contributed by atoms with Crippen molar-refractivity contribution in [2.24, 2.45) is 0 Å². The zero-order valence-electron chi connectivity index (χ0n) is 13.4. The molecular weight excluding hydrogens is 356 g/mol. The molecule has 0 spiro atoms. The highest BCUT2D eigenvalue weighted by Crippen LogP contribution is 2.24. The third-order valence-corrected chi connectivity index (χ3v) is 4.57. The molecule has 0 fully saturated rings. The molecule has 0 aliphatic rings. The maximum absolute atomic E-state index is 13.6. The molecule has 0 amide bonds. The summed E-state index contributed by atoms with van der Waals surface area (Å²) in [5.74, 6) is -2.12. The average Bonchev–Trinajstić information content (AvgIpc) is 2.55. The molecule has 0 heterocycles. The van der Waals surface area contributed by atoms with Crippen LogP contribution in [-0.2, 0) is 19.6 Å². The van der Waals surface area contributed by atoms with Crippen LogP contribution in [0.3, 0.4) is 0 Å². The molecule has 0 atom stereocenters. The number of rotatable bonds is 6. The van der Waals surface area contributed by atoms with Gasteiger partial charge in [0.25, 0.3) is 10.0 Å². The molecule has 0 aromatic heterocycles. The van der Waals surface area contributed by atoms with Crippen molar-refractivity contribution < 1.29 is 31.5 Å². The first-order valence-corrected chi connectivity index (χ1v) is 8.49. The lowest BCUT2D eigenvalue weighted by Crippen LogP contribution is -2.15. The first-order valence-electron chi connectivity index (χ1n) is 7.01. The van der Waals surface area contributed by atoms with Crippen molar-refractivity contribution in [3.63, 3.8) is 0 Å². The second-order valence-electron chi connectivity index (χ2n) is 5.02. The fourth-order valence-electron chi connectivity index (χ4n) is 1.92. The Kier molecular flexibility index (Phi) is 5.58. The van der Waals surface area contributed by atoms with Crippen molar-refractivity contribution in [1.82, 2.24) is 0 Å². The lowest BCUT2D eigenvalue weighted by molar-refractivity contribution is -0.142. The summed E-state index contributed by atoms with van der Waals surface area (Å²) in [5, 5.41) is 0. The Morgan fingerprint density at radius 1 is 1.16 bits per heavy atom. The van der Waals surface area contributed by atoms with E-state index in [1.165, 1.54) is 25.3 Å². The maximum atomic E-state index is 13.6. The van der Waals surface area contributed by atoms with Crippen LogP contribution < -0.4 is 9.46 Å². The van der Waals surface area contributed by atoms with Gasteiger partial charge in [-0.25, -0.2) is 22.0 Å². The molecule has 0 aliphatic heterocycles. The number of nitrogens with one attached hydrogen (secondary N) is 1. The predicted octanol–water partition coefficient (Wildman–Crippen LogP) is 2.63. The largest absolute Gasteiger partial charge is 0.482 e. The van der Waals surface area contributed by atoms with Gasteiger partial charge < -0.3 is 9.47 Å². The van der Waals surface area contributed by atoms with Crippen molar-refractivity contribution in [3.8, 4) is 5.75 Å². The van der Waals surface area contributed by atoms with Crippen molar-refractivity contribution in [2.75, 3.05) is 18.4 Å². The fourth-order valence-corrected chi connectivity index (χ4v) is 3.07. The Bertz CT molecular complexity index is 899. The summed E-state index contributed by atoms with van der Waals surface area (Å²) in [6, 6.07) is 6.42.